The summed E-state index contributed by atoms with van der Waals surface area (Å²) in [5.74, 6) is -0.479. The molecule has 0 spiro atoms. The summed E-state index contributed by atoms with van der Waals surface area (Å²) >= 11 is 3.30. The van der Waals surface area contributed by atoms with E-state index in [9.17, 15) is 9.18 Å². The summed E-state index contributed by atoms with van der Waals surface area (Å²) in [6.07, 6.45) is 0. The lowest BCUT2D eigenvalue weighted by Gasteiger charge is -2.15. The number of hydrogen-bond donors (Lipinski definition) is 2. The minimum atomic E-state index is -0.540. The summed E-state index contributed by atoms with van der Waals surface area (Å²) < 4.78 is 13.8. The zero-order valence-electron chi connectivity index (χ0n) is 10.2. The van der Waals surface area contributed by atoms with Crippen LogP contribution in [0.15, 0.2) is 22.7 Å². The molecule has 0 heterocycles. The predicted octanol–water partition coefficient (Wildman–Crippen LogP) is 2.61. The Morgan fingerprint density at radius 1 is 1.50 bits per heavy atom. The lowest BCUT2D eigenvalue weighted by atomic mass is 10.0. The first kappa shape index (κ1) is 17.4. The molecule has 0 fully saturated rings. The van der Waals surface area contributed by atoms with E-state index in [1.54, 1.807) is 6.07 Å². The smallest absolute Gasteiger partial charge is 0.237 e. The zero-order chi connectivity index (χ0) is 13.0. The maximum Gasteiger partial charge on any atom is 0.237 e. The summed E-state index contributed by atoms with van der Waals surface area (Å²) in [7, 11) is 0. The number of hydrogen-bond acceptors (Lipinski definition) is 2. The monoisotopic (exact) mass is 338 g/mol. The van der Waals surface area contributed by atoms with Gasteiger partial charge in [0.25, 0.3) is 0 Å². The molecule has 3 nitrogen and oxygen atoms in total. The van der Waals surface area contributed by atoms with Gasteiger partial charge in [0.1, 0.15) is 5.82 Å². The maximum absolute atomic E-state index is 13.0. The van der Waals surface area contributed by atoms with Gasteiger partial charge >= 0.3 is 0 Å². The molecule has 1 rings (SSSR count). The first-order valence-electron chi connectivity index (χ1n) is 5.39. The van der Waals surface area contributed by atoms with Crippen LogP contribution < -0.4 is 11.1 Å². The first-order valence-corrected chi connectivity index (χ1v) is 6.18. The summed E-state index contributed by atoms with van der Waals surface area (Å²) in [4.78, 5) is 11.6. The molecule has 6 heteroatoms. The van der Waals surface area contributed by atoms with E-state index >= 15 is 0 Å². The Bertz CT molecular complexity index is 415. The van der Waals surface area contributed by atoms with E-state index in [4.69, 9.17) is 5.73 Å². The molecular formula is C12H17BrClFN2O. The highest BCUT2D eigenvalue weighted by atomic mass is 79.9. The van der Waals surface area contributed by atoms with E-state index in [1.807, 2.05) is 13.8 Å². The van der Waals surface area contributed by atoms with Crippen LogP contribution in [0, 0.1) is 11.7 Å². The Labute approximate surface area is 121 Å². The number of amides is 1. The highest BCUT2D eigenvalue weighted by Gasteiger charge is 2.16. The van der Waals surface area contributed by atoms with Gasteiger partial charge in [-0.05, 0) is 29.7 Å². The zero-order valence-corrected chi connectivity index (χ0v) is 12.6. The van der Waals surface area contributed by atoms with Gasteiger partial charge in [-0.1, -0.05) is 29.8 Å². The molecule has 0 aliphatic carbocycles. The van der Waals surface area contributed by atoms with Crippen LogP contribution in [0.1, 0.15) is 19.4 Å². The van der Waals surface area contributed by atoms with Crippen LogP contribution in [0.4, 0.5) is 4.39 Å². The van der Waals surface area contributed by atoms with Crippen LogP contribution in [0.3, 0.4) is 0 Å². The van der Waals surface area contributed by atoms with Crippen LogP contribution in [-0.2, 0) is 11.3 Å². The molecule has 1 atom stereocenters. The van der Waals surface area contributed by atoms with Crippen molar-refractivity contribution in [3.8, 4) is 0 Å². The number of benzene rings is 1. The van der Waals surface area contributed by atoms with Crippen molar-refractivity contribution in [2.45, 2.75) is 26.4 Å². The molecule has 0 aromatic heterocycles. The molecule has 0 saturated heterocycles. The average Bonchev–Trinajstić information content (AvgIpc) is 2.28. The van der Waals surface area contributed by atoms with Crippen LogP contribution in [0.5, 0.6) is 0 Å². The molecule has 1 aromatic carbocycles. The van der Waals surface area contributed by atoms with E-state index < -0.39 is 6.04 Å². The van der Waals surface area contributed by atoms with Gasteiger partial charge in [0, 0.05) is 11.0 Å². The second-order valence-electron chi connectivity index (χ2n) is 4.22. The minimum absolute atomic E-state index is 0. The van der Waals surface area contributed by atoms with Crippen molar-refractivity contribution < 1.29 is 9.18 Å². The Hall–Kier alpha value is -0.650. The average molecular weight is 340 g/mol. The van der Waals surface area contributed by atoms with Gasteiger partial charge in [0.2, 0.25) is 5.91 Å². The Balaban J connectivity index is 0.00000289. The van der Waals surface area contributed by atoms with Crippen molar-refractivity contribution in [2.24, 2.45) is 11.7 Å². The highest BCUT2D eigenvalue weighted by Crippen LogP contribution is 2.17. The second-order valence-corrected chi connectivity index (χ2v) is 5.08. The molecule has 1 unspecified atom stereocenters. The third-order valence-corrected chi connectivity index (χ3v) is 3.26. The molecule has 1 aromatic rings. The summed E-state index contributed by atoms with van der Waals surface area (Å²) in [6.45, 7) is 4.02. The lowest BCUT2D eigenvalue weighted by molar-refractivity contribution is -0.123. The van der Waals surface area contributed by atoms with E-state index in [1.165, 1.54) is 12.1 Å². The van der Waals surface area contributed by atoms with Gasteiger partial charge in [0.05, 0.1) is 6.04 Å². The fraction of sp³-hybridized carbons (Fsp3) is 0.417. The Morgan fingerprint density at radius 2 is 2.11 bits per heavy atom. The van der Waals surface area contributed by atoms with E-state index in [0.29, 0.717) is 5.56 Å². The minimum Gasteiger partial charge on any atom is -0.351 e. The second kappa shape index (κ2) is 7.71. The molecule has 0 aliphatic heterocycles. The maximum atomic E-state index is 13.0. The van der Waals surface area contributed by atoms with Gasteiger partial charge in [-0.25, -0.2) is 4.39 Å². The lowest BCUT2D eigenvalue weighted by Crippen LogP contribution is -2.43. The van der Waals surface area contributed by atoms with Crippen LogP contribution in [0.2, 0.25) is 0 Å². The number of rotatable bonds is 4. The van der Waals surface area contributed by atoms with Gasteiger partial charge in [-0.15, -0.1) is 12.4 Å². The van der Waals surface area contributed by atoms with Crippen LogP contribution >= 0.6 is 28.3 Å². The molecule has 3 N–H and O–H groups in total. The SMILES string of the molecule is CC(C)C(N)C(=O)NCc1cc(F)ccc1Br.Cl. The van der Waals surface area contributed by atoms with Gasteiger partial charge in [-0.2, -0.15) is 0 Å². The predicted molar refractivity (Wildman–Crippen MR) is 76.0 cm³/mol. The van der Waals surface area contributed by atoms with Crippen molar-refractivity contribution in [3.05, 3.63) is 34.1 Å². The molecule has 0 saturated carbocycles. The van der Waals surface area contributed by atoms with Gasteiger partial charge < -0.3 is 11.1 Å². The summed E-state index contributed by atoms with van der Waals surface area (Å²) in [6, 6.07) is 3.81. The fourth-order valence-electron chi connectivity index (χ4n) is 1.28. The van der Waals surface area contributed by atoms with Crippen molar-refractivity contribution in [1.82, 2.24) is 5.32 Å². The van der Waals surface area contributed by atoms with Gasteiger partial charge in [-0.3, -0.25) is 4.79 Å². The van der Waals surface area contributed by atoms with Crippen LogP contribution in [0.25, 0.3) is 0 Å². The molecule has 0 radical (unpaired) electrons. The number of halogens is 3. The van der Waals surface area contributed by atoms with Crippen molar-refractivity contribution >= 4 is 34.2 Å². The molecule has 18 heavy (non-hydrogen) atoms. The molecular weight excluding hydrogens is 322 g/mol. The van der Waals surface area contributed by atoms with Gasteiger partial charge in [0.15, 0.2) is 0 Å². The standard InChI is InChI=1S/C12H16BrFN2O.ClH/c1-7(2)11(15)12(17)16-6-8-5-9(14)3-4-10(8)13;/h3-5,7,11H,6,15H2,1-2H3,(H,16,17);1H. The van der Waals surface area contributed by atoms with E-state index in [2.05, 4.69) is 21.2 Å². The Kier molecular flexibility index (Phi) is 7.43. The number of carbonyl (C=O) groups excluding carboxylic acids is 1. The summed E-state index contributed by atoms with van der Waals surface area (Å²) in [5, 5.41) is 2.69. The molecule has 1 amide bonds. The third-order valence-electron chi connectivity index (χ3n) is 2.48. The van der Waals surface area contributed by atoms with E-state index in [-0.39, 0.29) is 36.6 Å². The topological polar surface area (TPSA) is 55.1 Å². The number of nitrogens with one attached hydrogen (secondary N) is 1. The quantitative estimate of drug-likeness (QED) is 0.886. The fourth-order valence-corrected chi connectivity index (χ4v) is 1.67. The van der Waals surface area contributed by atoms with Crippen molar-refractivity contribution in [1.29, 1.82) is 0 Å². The van der Waals surface area contributed by atoms with E-state index in [0.717, 1.165) is 4.47 Å². The number of carbonyl (C=O) groups is 1. The Morgan fingerprint density at radius 3 is 2.67 bits per heavy atom. The third kappa shape index (κ3) is 4.92. The molecule has 0 aliphatic rings. The van der Waals surface area contributed by atoms with Crippen molar-refractivity contribution in [2.75, 3.05) is 0 Å². The highest BCUT2D eigenvalue weighted by molar-refractivity contribution is 9.10. The molecule has 0 bridgehead atoms. The van der Waals surface area contributed by atoms with Crippen molar-refractivity contribution in [3.63, 3.8) is 0 Å². The number of nitrogens with two attached hydrogens (primary N) is 1. The largest absolute Gasteiger partial charge is 0.351 e. The normalized spacial score (nSPS) is 11.9. The van der Waals surface area contributed by atoms with Crippen LogP contribution in [-0.4, -0.2) is 11.9 Å². The first-order chi connectivity index (χ1) is 7.91. The summed E-state index contributed by atoms with van der Waals surface area (Å²) in [5.41, 5.74) is 6.38. The molecule has 102 valence electrons.